The Morgan fingerprint density at radius 2 is 1.52 bits per heavy atom. The van der Waals surface area contributed by atoms with Crippen LogP contribution >= 0.6 is 0 Å². The Balaban J connectivity index is 4.22. The second kappa shape index (κ2) is 14.8. The van der Waals surface area contributed by atoms with Crippen molar-refractivity contribution in [3.8, 4) is 0 Å². The second-order valence-electron chi connectivity index (χ2n) is 9.03. The van der Waals surface area contributed by atoms with Crippen molar-refractivity contribution in [2.75, 3.05) is 32.9 Å². The van der Waals surface area contributed by atoms with E-state index in [1.807, 2.05) is 27.7 Å². The molecule has 0 saturated carbocycles. The Morgan fingerprint density at radius 3 is 2.06 bits per heavy atom. The van der Waals surface area contributed by atoms with E-state index in [4.69, 9.17) is 20.9 Å². The summed E-state index contributed by atoms with van der Waals surface area (Å²) in [6.07, 6.45) is 1.25. The number of carbonyl (C=O) groups is 4. The van der Waals surface area contributed by atoms with Crippen LogP contribution in [-0.4, -0.2) is 84.9 Å². The Hall–Kier alpha value is -2.28. The summed E-state index contributed by atoms with van der Waals surface area (Å²) < 4.78 is 11.7. The molecule has 0 unspecified atom stereocenters. The second-order valence-corrected chi connectivity index (χ2v) is 9.03. The van der Waals surface area contributed by atoms with E-state index < -0.39 is 47.6 Å². The summed E-state index contributed by atoms with van der Waals surface area (Å²) in [6.45, 7) is 9.09. The van der Waals surface area contributed by atoms with E-state index in [-0.39, 0.29) is 32.0 Å². The Morgan fingerprint density at radius 1 is 0.939 bits per heavy atom. The summed E-state index contributed by atoms with van der Waals surface area (Å²) in [5, 5.41) is 16.7. The van der Waals surface area contributed by atoms with Crippen LogP contribution in [0.3, 0.4) is 0 Å². The van der Waals surface area contributed by atoms with Gasteiger partial charge in [-0.3, -0.25) is 19.2 Å². The van der Waals surface area contributed by atoms with E-state index in [1.165, 1.54) is 6.92 Å². The fourth-order valence-corrected chi connectivity index (χ4v) is 2.53. The predicted molar refractivity (Wildman–Crippen MR) is 122 cm³/mol. The van der Waals surface area contributed by atoms with Gasteiger partial charge in [0.05, 0.1) is 43.6 Å². The monoisotopic (exact) mass is 475 g/mol. The summed E-state index contributed by atoms with van der Waals surface area (Å²) >= 11 is 0. The van der Waals surface area contributed by atoms with Crippen LogP contribution in [0.25, 0.3) is 0 Å². The van der Waals surface area contributed by atoms with Gasteiger partial charge in [0.1, 0.15) is 6.04 Å². The highest BCUT2D eigenvalue weighted by Crippen LogP contribution is 2.20. The minimum Gasteiger partial charge on any atom is -0.394 e. The van der Waals surface area contributed by atoms with Gasteiger partial charge in [-0.25, -0.2) is 0 Å². The molecule has 4 amide bonds. The van der Waals surface area contributed by atoms with Gasteiger partial charge in [-0.1, -0.05) is 0 Å². The number of hydrogen-bond acceptors (Lipinski definition) is 8. The molecule has 0 aromatic carbocycles. The summed E-state index contributed by atoms with van der Waals surface area (Å²) in [5.74, 6) is -1.92. The lowest BCUT2D eigenvalue weighted by atomic mass is 10.0. The largest absolute Gasteiger partial charge is 0.394 e. The van der Waals surface area contributed by atoms with Crippen LogP contribution in [0.15, 0.2) is 0 Å². The first kappa shape index (κ1) is 30.7. The number of hydrogen-bond donors (Lipinski definition) is 6. The van der Waals surface area contributed by atoms with Crippen molar-refractivity contribution in [1.29, 1.82) is 0 Å². The van der Waals surface area contributed by atoms with Crippen LogP contribution in [0.1, 0.15) is 53.9 Å². The first-order valence-corrected chi connectivity index (χ1v) is 11.0. The quantitative estimate of drug-likeness (QED) is 0.134. The van der Waals surface area contributed by atoms with Gasteiger partial charge in [-0.15, -0.1) is 0 Å². The highest BCUT2D eigenvalue weighted by molar-refractivity contribution is 5.89. The van der Waals surface area contributed by atoms with E-state index in [2.05, 4.69) is 16.0 Å². The molecule has 0 heterocycles. The third kappa shape index (κ3) is 15.2. The van der Waals surface area contributed by atoms with Crippen LogP contribution in [0.5, 0.6) is 0 Å². The molecule has 0 fully saturated rings. The molecule has 0 aromatic rings. The third-order valence-electron chi connectivity index (χ3n) is 4.73. The summed E-state index contributed by atoms with van der Waals surface area (Å²) in [7, 11) is 0. The van der Waals surface area contributed by atoms with E-state index >= 15 is 0 Å². The van der Waals surface area contributed by atoms with Crippen LogP contribution in [0, 0.1) is 0 Å². The molecule has 0 aliphatic carbocycles. The van der Waals surface area contributed by atoms with Gasteiger partial charge in [0.25, 0.3) is 0 Å². The number of aliphatic hydroxyl groups is 1. The highest BCUT2D eigenvalue weighted by Gasteiger charge is 2.24. The van der Waals surface area contributed by atoms with Gasteiger partial charge in [-0.05, 0) is 47.5 Å². The van der Waals surface area contributed by atoms with Crippen molar-refractivity contribution in [3.05, 3.63) is 0 Å². The standard InChI is InChI=1S/C21H41N5O7/c1-14(22)18(30)26-15(13-27)19(31)24-9-11-33-21(4,5)8-10-32-20(2,3)7-6-17(29)25-12-16(23)28/h14-15,27H,6-13,22H2,1-5H3,(H2,23,28)(H,24,31)(H,25,29)(H,26,30)/t14-,15-/m0/s1. The molecular weight excluding hydrogens is 434 g/mol. The van der Waals surface area contributed by atoms with Crippen LogP contribution in [-0.2, 0) is 28.7 Å². The number of aliphatic hydroxyl groups excluding tert-OH is 1. The molecule has 33 heavy (non-hydrogen) atoms. The fourth-order valence-electron chi connectivity index (χ4n) is 2.53. The number of carbonyl (C=O) groups excluding carboxylic acids is 4. The van der Waals surface area contributed by atoms with Gasteiger partial charge < -0.3 is 42.0 Å². The molecule has 12 nitrogen and oxygen atoms in total. The predicted octanol–water partition coefficient (Wildman–Crippen LogP) is -1.71. The van der Waals surface area contributed by atoms with E-state index in [0.29, 0.717) is 19.4 Å². The van der Waals surface area contributed by atoms with Crippen molar-refractivity contribution in [3.63, 3.8) is 0 Å². The maximum absolute atomic E-state index is 12.1. The number of nitrogens with one attached hydrogen (secondary N) is 3. The van der Waals surface area contributed by atoms with Crippen molar-refractivity contribution < 1.29 is 33.8 Å². The lowest BCUT2D eigenvalue weighted by Gasteiger charge is -2.30. The summed E-state index contributed by atoms with van der Waals surface area (Å²) in [4.78, 5) is 46.0. The molecular formula is C21H41N5O7. The van der Waals surface area contributed by atoms with E-state index in [1.54, 1.807) is 0 Å². The van der Waals surface area contributed by atoms with Crippen molar-refractivity contribution in [2.45, 2.75) is 77.2 Å². The van der Waals surface area contributed by atoms with Gasteiger partial charge >= 0.3 is 0 Å². The fraction of sp³-hybridized carbons (Fsp3) is 0.810. The molecule has 0 rings (SSSR count). The molecule has 192 valence electrons. The minimum atomic E-state index is -1.08. The molecule has 12 heteroatoms. The lowest BCUT2D eigenvalue weighted by molar-refractivity contribution is -0.130. The molecule has 0 aromatic heterocycles. The van der Waals surface area contributed by atoms with Crippen LogP contribution in [0.2, 0.25) is 0 Å². The van der Waals surface area contributed by atoms with Gasteiger partial charge in [-0.2, -0.15) is 0 Å². The van der Waals surface area contributed by atoms with Gasteiger partial charge in [0.2, 0.25) is 23.6 Å². The zero-order valence-electron chi connectivity index (χ0n) is 20.4. The molecule has 0 spiro atoms. The minimum absolute atomic E-state index is 0.186. The molecule has 0 bridgehead atoms. The number of ether oxygens (including phenoxy) is 2. The molecule has 8 N–H and O–H groups in total. The third-order valence-corrected chi connectivity index (χ3v) is 4.73. The smallest absolute Gasteiger partial charge is 0.245 e. The topological polar surface area (TPSA) is 195 Å². The Labute approximate surface area is 195 Å². The zero-order chi connectivity index (χ0) is 25.7. The summed E-state index contributed by atoms with van der Waals surface area (Å²) in [5.41, 5.74) is 9.36. The van der Waals surface area contributed by atoms with E-state index in [9.17, 15) is 24.3 Å². The Bertz CT molecular complexity index is 653. The normalized spacial score (nSPS) is 13.7. The number of rotatable bonds is 17. The number of nitrogens with two attached hydrogens (primary N) is 2. The average molecular weight is 476 g/mol. The SMILES string of the molecule is C[C@H](N)C(=O)N[C@@H](CO)C(=O)NCCOC(C)(C)CCOC(C)(C)CCC(=O)NCC(N)=O. The first-order chi connectivity index (χ1) is 15.2. The lowest BCUT2D eigenvalue weighted by Crippen LogP contribution is -2.53. The molecule has 0 aliphatic heterocycles. The van der Waals surface area contributed by atoms with Crippen molar-refractivity contribution >= 4 is 23.6 Å². The van der Waals surface area contributed by atoms with Crippen molar-refractivity contribution in [1.82, 2.24) is 16.0 Å². The van der Waals surface area contributed by atoms with Crippen LogP contribution < -0.4 is 27.4 Å². The Kier molecular flexibility index (Phi) is 13.8. The number of primary amides is 1. The molecule has 0 saturated heterocycles. The number of amides is 4. The maximum atomic E-state index is 12.1. The average Bonchev–Trinajstić information content (AvgIpc) is 2.71. The van der Waals surface area contributed by atoms with E-state index in [0.717, 1.165) is 0 Å². The highest BCUT2D eigenvalue weighted by atomic mass is 16.5. The maximum Gasteiger partial charge on any atom is 0.245 e. The molecule has 2 atom stereocenters. The van der Waals surface area contributed by atoms with Crippen LogP contribution in [0.4, 0.5) is 0 Å². The van der Waals surface area contributed by atoms with Crippen molar-refractivity contribution in [2.24, 2.45) is 11.5 Å². The summed E-state index contributed by atoms with van der Waals surface area (Å²) in [6, 6.07) is -1.87. The van der Waals surface area contributed by atoms with Gasteiger partial charge in [0, 0.05) is 13.0 Å². The first-order valence-electron chi connectivity index (χ1n) is 11.0. The molecule has 0 radical (unpaired) electrons. The van der Waals surface area contributed by atoms with Gasteiger partial charge in [0.15, 0.2) is 0 Å². The zero-order valence-corrected chi connectivity index (χ0v) is 20.4. The molecule has 0 aliphatic rings.